The summed E-state index contributed by atoms with van der Waals surface area (Å²) in [5, 5.41) is 9.17. The highest BCUT2D eigenvalue weighted by atomic mass is 79.9. The van der Waals surface area contributed by atoms with E-state index in [2.05, 4.69) is 36.4 Å². The summed E-state index contributed by atoms with van der Waals surface area (Å²) in [6.45, 7) is 0.500. The summed E-state index contributed by atoms with van der Waals surface area (Å²) in [6.07, 6.45) is 5.08. The van der Waals surface area contributed by atoms with Gasteiger partial charge in [-0.2, -0.15) is 5.10 Å². The molecule has 0 aliphatic carbocycles. The monoisotopic (exact) mass is 310 g/mol. The van der Waals surface area contributed by atoms with Crippen LogP contribution in [0.15, 0.2) is 33.6 Å². The van der Waals surface area contributed by atoms with E-state index in [0.717, 1.165) is 5.82 Å². The number of H-pyrrole nitrogens is 1. The van der Waals surface area contributed by atoms with Gasteiger partial charge in [0, 0.05) is 19.0 Å². The number of rotatable bonds is 5. The molecule has 0 aliphatic heterocycles. The van der Waals surface area contributed by atoms with Gasteiger partial charge in [0.15, 0.2) is 4.67 Å². The lowest BCUT2D eigenvalue weighted by atomic mass is 10.3. The fraction of sp³-hybridized carbons (Fsp3) is 0.182. The summed E-state index contributed by atoms with van der Waals surface area (Å²) in [5.41, 5.74) is 0. The summed E-state index contributed by atoms with van der Waals surface area (Å²) in [4.78, 5) is 15.4. The molecular weight excluding hydrogens is 300 g/mol. The Bertz CT molecular complexity index is 533. The Hall–Kier alpha value is -1.89. The van der Waals surface area contributed by atoms with Crippen LogP contribution in [0.3, 0.4) is 0 Å². The van der Waals surface area contributed by atoms with Crippen LogP contribution in [0, 0.1) is 0 Å². The van der Waals surface area contributed by atoms with Crippen molar-refractivity contribution < 1.29 is 9.21 Å². The second-order valence-corrected chi connectivity index (χ2v) is 4.23. The first kappa shape index (κ1) is 12.6. The van der Waals surface area contributed by atoms with Gasteiger partial charge in [0.25, 0.3) is 0 Å². The standard InChI is InChI=1S/C11H11BrN4O2/c12-9-3-1-8(18-9)2-4-11(17)13-6-5-10-14-7-15-16-10/h1-4,7H,5-6H2,(H,13,17)(H,14,15,16). The van der Waals surface area contributed by atoms with E-state index in [-0.39, 0.29) is 5.91 Å². The topological polar surface area (TPSA) is 83.8 Å². The van der Waals surface area contributed by atoms with E-state index in [1.54, 1.807) is 18.2 Å². The lowest BCUT2D eigenvalue weighted by molar-refractivity contribution is -0.116. The fourth-order valence-corrected chi connectivity index (χ4v) is 1.61. The lowest BCUT2D eigenvalue weighted by Gasteiger charge is -1.98. The molecule has 2 rings (SSSR count). The number of hydrogen-bond acceptors (Lipinski definition) is 4. The molecule has 0 spiro atoms. The quantitative estimate of drug-likeness (QED) is 0.820. The Labute approximate surface area is 112 Å². The average Bonchev–Trinajstić information content (AvgIpc) is 2.98. The minimum absolute atomic E-state index is 0.179. The van der Waals surface area contributed by atoms with Crippen LogP contribution in [0.25, 0.3) is 6.08 Å². The maximum Gasteiger partial charge on any atom is 0.244 e. The Morgan fingerprint density at radius 3 is 3.11 bits per heavy atom. The molecule has 0 bridgehead atoms. The summed E-state index contributed by atoms with van der Waals surface area (Å²) in [6, 6.07) is 3.53. The molecule has 2 aromatic rings. The molecule has 0 aromatic carbocycles. The molecule has 1 amide bonds. The molecule has 0 unspecified atom stereocenters. The zero-order chi connectivity index (χ0) is 12.8. The fourth-order valence-electron chi connectivity index (χ4n) is 1.29. The van der Waals surface area contributed by atoms with Crippen LogP contribution in [-0.4, -0.2) is 27.6 Å². The predicted molar refractivity (Wildman–Crippen MR) is 68.5 cm³/mol. The van der Waals surface area contributed by atoms with Gasteiger partial charge in [-0.1, -0.05) is 0 Å². The van der Waals surface area contributed by atoms with E-state index in [0.29, 0.717) is 23.4 Å². The van der Waals surface area contributed by atoms with Gasteiger partial charge in [0.05, 0.1) is 0 Å². The van der Waals surface area contributed by atoms with Crippen molar-refractivity contribution in [3.63, 3.8) is 0 Å². The van der Waals surface area contributed by atoms with Gasteiger partial charge in [0.2, 0.25) is 5.91 Å². The molecule has 18 heavy (non-hydrogen) atoms. The number of nitrogens with zero attached hydrogens (tertiary/aromatic N) is 2. The molecule has 6 nitrogen and oxygen atoms in total. The number of nitrogens with one attached hydrogen (secondary N) is 2. The van der Waals surface area contributed by atoms with Crippen molar-refractivity contribution in [1.82, 2.24) is 20.5 Å². The summed E-state index contributed by atoms with van der Waals surface area (Å²) in [5.74, 6) is 1.18. The Kier molecular flexibility index (Phi) is 4.30. The molecule has 2 N–H and O–H groups in total. The van der Waals surface area contributed by atoms with Crippen LogP contribution >= 0.6 is 15.9 Å². The molecule has 2 aromatic heterocycles. The Morgan fingerprint density at radius 1 is 1.56 bits per heavy atom. The lowest BCUT2D eigenvalue weighted by Crippen LogP contribution is -2.23. The third-order valence-corrected chi connectivity index (χ3v) is 2.55. The first-order chi connectivity index (χ1) is 8.74. The van der Waals surface area contributed by atoms with Crippen LogP contribution in [-0.2, 0) is 11.2 Å². The van der Waals surface area contributed by atoms with Gasteiger partial charge in [-0.25, -0.2) is 4.98 Å². The van der Waals surface area contributed by atoms with Crippen molar-refractivity contribution in [3.05, 3.63) is 40.8 Å². The smallest absolute Gasteiger partial charge is 0.244 e. The van der Waals surface area contributed by atoms with E-state index < -0.39 is 0 Å². The first-order valence-corrected chi connectivity index (χ1v) is 6.09. The second kappa shape index (κ2) is 6.15. The summed E-state index contributed by atoms with van der Waals surface area (Å²) < 4.78 is 5.86. The van der Waals surface area contributed by atoms with Gasteiger partial charge >= 0.3 is 0 Å². The first-order valence-electron chi connectivity index (χ1n) is 5.29. The number of amides is 1. The Morgan fingerprint density at radius 2 is 2.44 bits per heavy atom. The molecular formula is C11H11BrN4O2. The van der Waals surface area contributed by atoms with Crippen LogP contribution < -0.4 is 5.32 Å². The van der Waals surface area contributed by atoms with Gasteiger partial charge in [-0.15, -0.1) is 0 Å². The van der Waals surface area contributed by atoms with Gasteiger partial charge in [-0.3, -0.25) is 9.89 Å². The van der Waals surface area contributed by atoms with Gasteiger partial charge in [0.1, 0.15) is 17.9 Å². The SMILES string of the molecule is O=C(C=Cc1ccc(Br)o1)NCCc1ncn[nH]1. The third-order valence-electron chi connectivity index (χ3n) is 2.12. The van der Waals surface area contributed by atoms with Crippen molar-refractivity contribution in [2.24, 2.45) is 0 Å². The summed E-state index contributed by atoms with van der Waals surface area (Å²) >= 11 is 3.19. The number of hydrogen-bond donors (Lipinski definition) is 2. The van der Waals surface area contributed by atoms with Crippen LogP contribution in [0.5, 0.6) is 0 Å². The molecule has 7 heteroatoms. The zero-order valence-corrected chi connectivity index (χ0v) is 11.0. The van der Waals surface area contributed by atoms with Crippen LogP contribution in [0.2, 0.25) is 0 Å². The van der Waals surface area contributed by atoms with Crippen molar-refractivity contribution >= 4 is 27.9 Å². The van der Waals surface area contributed by atoms with Gasteiger partial charge in [-0.05, 0) is 34.1 Å². The molecule has 0 fully saturated rings. The minimum Gasteiger partial charge on any atom is -0.450 e. The van der Waals surface area contributed by atoms with Crippen LogP contribution in [0.4, 0.5) is 0 Å². The molecule has 94 valence electrons. The largest absolute Gasteiger partial charge is 0.450 e. The van der Waals surface area contributed by atoms with Crippen molar-refractivity contribution in [2.75, 3.05) is 6.54 Å². The van der Waals surface area contributed by atoms with Crippen molar-refractivity contribution in [3.8, 4) is 0 Å². The van der Waals surface area contributed by atoms with Gasteiger partial charge < -0.3 is 9.73 Å². The van der Waals surface area contributed by atoms with E-state index in [1.807, 2.05) is 0 Å². The van der Waals surface area contributed by atoms with E-state index in [9.17, 15) is 4.79 Å². The third kappa shape index (κ3) is 3.85. The number of furan rings is 1. The highest BCUT2D eigenvalue weighted by molar-refractivity contribution is 9.10. The second-order valence-electron chi connectivity index (χ2n) is 3.45. The average molecular weight is 311 g/mol. The molecule has 0 saturated carbocycles. The summed E-state index contributed by atoms with van der Waals surface area (Å²) in [7, 11) is 0. The number of aromatic nitrogens is 3. The maximum atomic E-state index is 11.5. The predicted octanol–water partition coefficient (Wildman–Crippen LogP) is 1.53. The number of aromatic amines is 1. The highest BCUT2D eigenvalue weighted by Gasteiger charge is 1.99. The minimum atomic E-state index is -0.179. The van der Waals surface area contributed by atoms with E-state index >= 15 is 0 Å². The van der Waals surface area contributed by atoms with E-state index in [4.69, 9.17) is 4.42 Å². The molecule has 2 heterocycles. The molecule has 0 saturated heterocycles. The number of carbonyl (C=O) groups is 1. The highest BCUT2D eigenvalue weighted by Crippen LogP contribution is 2.14. The maximum absolute atomic E-state index is 11.5. The van der Waals surface area contributed by atoms with Crippen LogP contribution in [0.1, 0.15) is 11.6 Å². The molecule has 0 aliphatic rings. The number of carbonyl (C=O) groups excluding carboxylic acids is 1. The Balaban J connectivity index is 1.73. The zero-order valence-electron chi connectivity index (χ0n) is 9.39. The molecule has 0 atom stereocenters. The number of halogens is 1. The normalized spacial score (nSPS) is 10.9. The van der Waals surface area contributed by atoms with Crippen molar-refractivity contribution in [1.29, 1.82) is 0 Å². The van der Waals surface area contributed by atoms with E-state index in [1.165, 1.54) is 12.4 Å². The van der Waals surface area contributed by atoms with Crippen molar-refractivity contribution in [2.45, 2.75) is 6.42 Å². The molecule has 0 radical (unpaired) electrons.